The van der Waals surface area contributed by atoms with Gasteiger partial charge in [0.25, 0.3) is 0 Å². The van der Waals surface area contributed by atoms with E-state index in [0.717, 1.165) is 12.2 Å². The maximum absolute atomic E-state index is 8.63. The highest BCUT2D eigenvalue weighted by molar-refractivity contribution is 7.99. The molecule has 0 rings (SSSR count). The second-order valence-corrected chi connectivity index (χ2v) is 6.10. The Balaban J connectivity index is 2.85. The summed E-state index contributed by atoms with van der Waals surface area (Å²) in [4.78, 5) is 0. The molecule has 0 amide bonds. The molecule has 2 heteroatoms. The molecule has 0 aliphatic carbocycles. The normalized spacial score (nSPS) is 10.9. The Morgan fingerprint density at radius 1 is 0.647 bits per heavy atom. The first kappa shape index (κ1) is 17.3. The number of aliphatic hydroxyl groups is 1. The first-order valence-corrected chi connectivity index (χ1v) is 8.76. The van der Waals surface area contributed by atoms with Gasteiger partial charge in [0.05, 0.1) is 0 Å². The topological polar surface area (TPSA) is 20.2 Å². The Morgan fingerprint density at radius 3 is 1.65 bits per heavy atom. The van der Waals surface area contributed by atoms with E-state index in [9.17, 15) is 0 Å². The van der Waals surface area contributed by atoms with Crippen LogP contribution in [0.3, 0.4) is 0 Å². The quantitative estimate of drug-likeness (QED) is 0.442. The summed E-state index contributed by atoms with van der Waals surface area (Å²) in [7, 11) is 0. The van der Waals surface area contributed by atoms with Gasteiger partial charge < -0.3 is 5.11 Å². The summed E-state index contributed by atoms with van der Waals surface area (Å²) in [5.41, 5.74) is 0. The molecule has 0 unspecified atom stereocenters. The molecule has 1 N–H and O–H groups in total. The van der Waals surface area contributed by atoms with E-state index in [-0.39, 0.29) is 0 Å². The molecule has 0 aliphatic heterocycles. The molecule has 0 atom stereocenters. The highest BCUT2D eigenvalue weighted by atomic mass is 32.2. The number of aliphatic hydroxyl groups excluding tert-OH is 1. The molecular formula is C15H32OS. The molecule has 0 heterocycles. The zero-order valence-electron chi connectivity index (χ0n) is 11.8. The molecule has 104 valence electrons. The lowest BCUT2D eigenvalue weighted by molar-refractivity contribution is 0.296. The largest absolute Gasteiger partial charge is 0.396 e. The van der Waals surface area contributed by atoms with Crippen LogP contribution in [-0.2, 0) is 0 Å². The monoisotopic (exact) mass is 260 g/mol. The van der Waals surface area contributed by atoms with Crippen LogP contribution in [0.1, 0.15) is 77.6 Å². The minimum absolute atomic E-state index is 0.352. The minimum atomic E-state index is 0.352. The number of unbranched alkanes of at least 4 members (excludes halogenated alkanes) is 9. The van der Waals surface area contributed by atoms with Gasteiger partial charge in [0.1, 0.15) is 0 Å². The molecule has 0 spiro atoms. The average Bonchev–Trinajstić information content (AvgIpc) is 2.35. The Hall–Kier alpha value is 0.310. The molecule has 0 aromatic rings. The van der Waals surface area contributed by atoms with Crippen LogP contribution in [0.2, 0.25) is 0 Å². The van der Waals surface area contributed by atoms with Crippen LogP contribution in [0.25, 0.3) is 0 Å². The lowest BCUT2D eigenvalue weighted by Gasteiger charge is -2.02. The standard InChI is InChI=1S/C15H32OS/c1-2-3-4-5-6-7-8-9-10-11-14-17-15-12-13-16/h16H,2-15H2,1H3. The smallest absolute Gasteiger partial charge is 0.0438 e. The van der Waals surface area contributed by atoms with Gasteiger partial charge in [-0.25, -0.2) is 0 Å². The van der Waals surface area contributed by atoms with Crippen LogP contribution in [0.15, 0.2) is 0 Å². The van der Waals surface area contributed by atoms with E-state index in [0.29, 0.717) is 6.61 Å². The van der Waals surface area contributed by atoms with Gasteiger partial charge in [0.15, 0.2) is 0 Å². The summed E-state index contributed by atoms with van der Waals surface area (Å²) in [6.45, 7) is 2.63. The van der Waals surface area contributed by atoms with Crippen molar-refractivity contribution >= 4 is 11.8 Å². The molecule has 0 radical (unpaired) electrons. The van der Waals surface area contributed by atoms with Gasteiger partial charge in [0.2, 0.25) is 0 Å². The van der Waals surface area contributed by atoms with Crippen molar-refractivity contribution in [3.8, 4) is 0 Å². The van der Waals surface area contributed by atoms with Gasteiger partial charge in [-0.3, -0.25) is 0 Å². The Morgan fingerprint density at radius 2 is 1.12 bits per heavy atom. The summed E-state index contributed by atoms with van der Waals surface area (Å²) in [6, 6.07) is 0. The maximum Gasteiger partial charge on any atom is 0.0438 e. The predicted molar refractivity (Wildman–Crippen MR) is 80.9 cm³/mol. The molecule has 1 nitrogen and oxygen atoms in total. The number of thioether (sulfide) groups is 1. The predicted octanol–water partition coefficient (Wildman–Crippen LogP) is 5.02. The van der Waals surface area contributed by atoms with Crippen molar-refractivity contribution in [2.75, 3.05) is 18.1 Å². The molecule has 0 fully saturated rings. The van der Waals surface area contributed by atoms with Crippen molar-refractivity contribution < 1.29 is 5.11 Å². The van der Waals surface area contributed by atoms with Crippen LogP contribution in [0, 0.1) is 0 Å². The van der Waals surface area contributed by atoms with Gasteiger partial charge in [-0.1, -0.05) is 64.7 Å². The second-order valence-electron chi connectivity index (χ2n) is 4.87. The molecule has 0 saturated heterocycles. The van der Waals surface area contributed by atoms with E-state index in [2.05, 4.69) is 6.92 Å². The maximum atomic E-state index is 8.63. The van der Waals surface area contributed by atoms with Crippen molar-refractivity contribution in [1.82, 2.24) is 0 Å². The first-order chi connectivity index (χ1) is 8.41. The van der Waals surface area contributed by atoms with E-state index in [1.165, 1.54) is 70.0 Å². The molecule has 0 bridgehead atoms. The van der Waals surface area contributed by atoms with Crippen LogP contribution in [0.5, 0.6) is 0 Å². The Kier molecular flexibility index (Phi) is 16.6. The van der Waals surface area contributed by atoms with Gasteiger partial charge in [-0.2, -0.15) is 11.8 Å². The third kappa shape index (κ3) is 16.3. The van der Waals surface area contributed by atoms with E-state index in [1.807, 2.05) is 11.8 Å². The lowest BCUT2D eigenvalue weighted by atomic mass is 10.1. The fraction of sp³-hybridized carbons (Fsp3) is 1.00. The fourth-order valence-electron chi connectivity index (χ4n) is 1.96. The van der Waals surface area contributed by atoms with Crippen LogP contribution in [-0.4, -0.2) is 23.2 Å². The zero-order valence-corrected chi connectivity index (χ0v) is 12.6. The van der Waals surface area contributed by atoms with E-state index in [4.69, 9.17) is 5.11 Å². The minimum Gasteiger partial charge on any atom is -0.396 e. The van der Waals surface area contributed by atoms with E-state index >= 15 is 0 Å². The van der Waals surface area contributed by atoms with Gasteiger partial charge in [0, 0.05) is 6.61 Å². The average molecular weight is 260 g/mol. The van der Waals surface area contributed by atoms with Gasteiger partial charge in [-0.15, -0.1) is 0 Å². The molecule has 0 aliphatic rings. The van der Waals surface area contributed by atoms with Crippen molar-refractivity contribution in [1.29, 1.82) is 0 Å². The highest BCUT2D eigenvalue weighted by Gasteiger charge is 1.93. The van der Waals surface area contributed by atoms with Crippen molar-refractivity contribution in [3.63, 3.8) is 0 Å². The van der Waals surface area contributed by atoms with Crippen molar-refractivity contribution in [2.24, 2.45) is 0 Å². The summed E-state index contributed by atoms with van der Waals surface area (Å²) in [5, 5.41) is 8.63. The second kappa shape index (κ2) is 16.3. The Labute approximate surface area is 113 Å². The molecule has 0 aromatic heterocycles. The first-order valence-electron chi connectivity index (χ1n) is 7.60. The summed E-state index contributed by atoms with van der Waals surface area (Å²) >= 11 is 2.00. The molecule has 0 aromatic carbocycles. The molecular weight excluding hydrogens is 228 g/mol. The van der Waals surface area contributed by atoms with Gasteiger partial charge >= 0.3 is 0 Å². The third-order valence-electron chi connectivity index (χ3n) is 3.09. The SMILES string of the molecule is CCCCCCCCCCCCSCCCO. The third-order valence-corrected chi connectivity index (χ3v) is 4.24. The van der Waals surface area contributed by atoms with Crippen LogP contribution >= 0.6 is 11.8 Å². The summed E-state index contributed by atoms with van der Waals surface area (Å²) in [6.07, 6.45) is 15.2. The highest BCUT2D eigenvalue weighted by Crippen LogP contribution is 2.12. The number of rotatable bonds is 14. The van der Waals surface area contributed by atoms with E-state index in [1.54, 1.807) is 0 Å². The summed E-state index contributed by atoms with van der Waals surface area (Å²) < 4.78 is 0. The number of hydrogen-bond donors (Lipinski definition) is 1. The molecule has 17 heavy (non-hydrogen) atoms. The Bertz CT molecular complexity index is 114. The fourth-order valence-corrected chi connectivity index (χ4v) is 2.91. The van der Waals surface area contributed by atoms with Crippen molar-refractivity contribution in [2.45, 2.75) is 77.6 Å². The summed E-state index contributed by atoms with van der Waals surface area (Å²) in [5.74, 6) is 2.42. The van der Waals surface area contributed by atoms with Crippen molar-refractivity contribution in [3.05, 3.63) is 0 Å². The van der Waals surface area contributed by atoms with E-state index < -0.39 is 0 Å². The van der Waals surface area contributed by atoms with Gasteiger partial charge in [-0.05, 0) is 24.3 Å². The van der Waals surface area contributed by atoms with Crippen LogP contribution in [0.4, 0.5) is 0 Å². The molecule has 0 saturated carbocycles. The number of hydrogen-bond acceptors (Lipinski definition) is 2. The van der Waals surface area contributed by atoms with Crippen LogP contribution < -0.4 is 0 Å². The lowest BCUT2D eigenvalue weighted by Crippen LogP contribution is -1.88. The zero-order chi connectivity index (χ0) is 12.6.